The van der Waals surface area contributed by atoms with Crippen LogP contribution < -0.4 is 16.6 Å². The second-order valence-corrected chi connectivity index (χ2v) is 8.87. The molecule has 12 nitrogen and oxygen atoms in total. The second kappa shape index (κ2) is 11.5. The van der Waals surface area contributed by atoms with Crippen LogP contribution in [0.5, 0.6) is 0 Å². The molecule has 4 heterocycles. The van der Waals surface area contributed by atoms with E-state index < -0.39 is 35.2 Å². The van der Waals surface area contributed by atoms with Gasteiger partial charge < -0.3 is 9.88 Å². The van der Waals surface area contributed by atoms with Gasteiger partial charge in [-0.3, -0.25) is 23.7 Å². The lowest BCUT2D eigenvalue weighted by atomic mass is 10.2. The maximum absolute atomic E-state index is 13.4. The maximum Gasteiger partial charge on any atom is 0.451 e. The zero-order chi connectivity index (χ0) is 29.9. The molecule has 1 N–H and O–H groups in total. The molecule has 0 spiro atoms. The highest BCUT2D eigenvalue weighted by Gasteiger charge is 2.35. The summed E-state index contributed by atoms with van der Waals surface area (Å²) in [5.74, 6) is -1.86. The molecule has 4 aromatic heterocycles. The first-order valence-electron chi connectivity index (χ1n) is 12.1. The van der Waals surface area contributed by atoms with Crippen molar-refractivity contribution < 1.29 is 18.0 Å². The van der Waals surface area contributed by atoms with Gasteiger partial charge in [0.1, 0.15) is 11.9 Å². The molecular weight excluding hydrogens is 543 g/mol. The van der Waals surface area contributed by atoms with E-state index in [-0.39, 0.29) is 34.8 Å². The minimum Gasteiger partial charge on any atom is -0.312 e. The number of aliphatic imine (C=N–C) groups is 2. The van der Waals surface area contributed by atoms with Crippen molar-refractivity contribution in [3.63, 3.8) is 0 Å². The number of anilines is 1. The number of fused-ring (bicyclic) bond motifs is 1. The number of aryl methyl sites for hydroxylation is 1. The van der Waals surface area contributed by atoms with Gasteiger partial charge in [0.2, 0.25) is 11.7 Å². The van der Waals surface area contributed by atoms with E-state index in [0.29, 0.717) is 5.69 Å². The van der Waals surface area contributed by atoms with Gasteiger partial charge in [-0.1, -0.05) is 12.1 Å². The van der Waals surface area contributed by atoms with Crippen molar-refractivity contribution in [2.24, 2.45) is 17.0 Å². The molecule has 4 aromatic rings. The van der Waals surface area contributed by atoms with E-state index in [2.05, 4.69) is 37.0 Å². The predicted octanol–water partition coefficient (Wildman–Crippen LogP) is 2.96. The first-order valence-corrected chi connectivity index (χ1v) is 12.1. The molecule has 41 heavy (non-hydrogen) atoms. The number of hydrogen-bond donors (Lipinski definition) is 1. The lowest BCUT2D eigenvalue weighted by Gasteiger charge is -2.15. The number of aromatic nitrogens is 6. The number of alkyl halides is 3. The molecule has 1 amide bonds. The van der Waals surface area contributed by atoms with Gasteiger partial charge >= 0.3 is 11.9 Å². The number of carbonyl (C=O) groups is 1. The number of allylic oxidation sites excluding steroid dienone is 1. The summed E-state index contributed by atoms with van der Waals surface area (Å²) in [4.78, 5) is 58.3. The zero-order valence-corrected chi connectivity index (χ0v) is 22.1. The van der Waals surface area contributed by atoms with Crippen LogP contribution in [0.1, 0.15) is 31.3 Å². The quantitative estimate of drug-likeness (QED) is 0.269. The summed E-state index contributed by atoms with van der Waals surface area (Å²) in [5, 5.41) is 2.63. The largest absolute Gasteiger partial charge is 0.451 e. The summed E-state index contributed by atoms with van der Waals surface area (Å²) < 4.78 is 42.1. The van der Waals surface area contributed by atoms with Gasteiger partial charge in [-0.25, -0.2) is 24.7 Å². The van der Waals surface area contributed by atoms with Gasteiger partial charge in [-0.2, -0.15) is 13.2 Å². The van der Waals surface area contributed by atoms with Crippen LogP contribution in [0.4, 0.5) is 19.0 Å². The molecule has 1 atom stereocenters. The van der Waals surface area contributed by atoms with E-state index >= 15 is 0 Å². The van der Waals surface area contributed by atoms with Crippen molar-refractivity contribution >= 4 is 41.0 Å². The van der Waals surface area contributed by atoms with Gasteiger partial charge in [0.05, 0.1) is 24.3 Å². The van der Waals surface area contributed by atoms with Crippen LogP contribution in [0, 0.1) is 0 Å². The molecule has 4 rings (SSSR count). The molecule has 0 aliphatic rings. The lowest BCUT2D eigenvalue weighted by molar-refractivity contribution is -0.118. The van der Waals surface area contributed by atoms with E-state index in [4.69, 9.17) is 0 Å². The monoisotopic (exact) mass is 567 g/mol. The van der Waals surface area contributed by atoms with Crippen molar-refractivity contribution in [1.29, 1.82) is 0 Å². The highest BCUT2D eigenvalue weighted by molar-refractivity contribution is 5.94. The van der Waals surface area contributed by atoms with Crippen molar-refractivity contribution in [2.45, 2.75) is 32.6 Å². The van der Waals surface area contributed by atoms with Gasteiger partial charge in [-0.15, -0.1) is 0 Å². The summed E-state index contributed by atoms with van der Waals surface area (Å²) >= 11 is 0. The minimum atomic E-state index is -4.76. The summed E-state index contributed by atoms with van der Waals surface area (Å²) in [6, 6.07) is 8.74. The van der Waals surface area contributed by atoms with Crippen LogP contribution >= 0.6 is 0 Å². The maximum atomic E-state index is 13.4. The number of rotatable bonds is 7. The lowest BCUT2D eigenvalue weighted by Crippen LogP contribution is -2.40. The number of pyridine rings is 2. The number of halogens is 3. The summed E-state index contributed by atoms with van der Waals surface area (Å²) in [6.07, 6.45) is -0.970. The molecule has 0 fully saturated rings. The number of nitrogens with one attached hydrogen (secondary N) is 1. The van der Waals surface area contributed by atoms with Crippen LogP contribution in [0.15, 0.2) is 74.7 Å². The fourth-order valence-corrected chi connectivity index (χ4v) is 3.88. The summed E-state index contributed by atoms with van der Waals surface area (Å²) in [6.45, 7) is 5.84. The van der Waals surface area contributed by atoms with Crippen molar-refractivity contribution in [3.8, 4) is 0 Å². The smallest absolute Gasteiger partial charge is 0.312 e. The number of carbonyl (C=O) groups excluding carboxylic acids is 1. The molecule has 0 aliphatic carbocycles. The molecule has 0 unspecified atom stereocenters. The van der Waals surface area contributed by atoms with Crippen LogP contribution in [-0.4, -0.2) is 53.3 Å². The third-order valence-corrected chi connectivity index (χ3v) is 6.09. The average Bonchev–Trinajstić information content (AvgIpc) is 3.39. The van der Waals surface area contributed by atoms with Gasteiger partial charge in [-0.05, 0) is 50.4 Å². The number of amides is 1. The van der Waals surface area contributed by atoms with E-state index in [1.165, 1.54) is 48.5 Å². The highest BCUT2D eigenvalue weighted by Crippen LogP contribution is 2.21. The van der Waals surface area contributed by atoms with Crippen molar-refractivity contribution in [1.82, 2.24) is 28.7 Å². The fraction of sp³-hybridized carbons (Fsp3) is 0.231. The Morgan fingerprint density at radius 3 is 2.59 bits per heavy atom. The molecular formula is C26H24F3N9O3. The normalized spacial score (nSPS) is 13.3. The molecule has 0 aliphatic heterocycles. The SMILES string of the molecule is C=N/C(=N\C=C(/C)c1cccc(NC(=O)[C@H](C)n2cnc3c2c(=O)n(Cc2ccccn2)c(=O)n3C)n1)C(F)(F)F. The second-order valence-electron chi connectivity index (χ2n) is 8.87. The Labute approximate surface area is 230 Å². The Morgan fingerprint density at radius 1 is 1.17 bits per heavy atom. The minimum absolute atomic E-state index is 0.0420. The number of imidazole rings is 1. The molecule has 212 valence electrons. The average molecular weight is 568 g/mol. The van der Waals surface area contributed by atoms with Crippen molar-refractivity contribution in [3.05, 3.63) is 87.3 Å². The topological polar surface area (TPSA) is 141 Å². The van der Waals surface area contributed by atoms with Crippen molar-refractivity contribution in [2.75, 3.05) is 5.32 Å². The first-order chi connectivity index (χ1) is 19.4. The standard InChI is InChI=1S/C26H24F3N9O3/c1-15(12-32-24(30-3)26(27,28)29)18-9-7-10-19(34-18)35-22(39)16(2)38-14-33-21-20(38)23(40)37(25(41)36(21)4)13-17-8-5-6-11-31-17/h5-12,14,16H,3,13H2,1-2,4H3,(H,34,35,39)/b15-12+,32-24-/t16-/m0/s1. The van der Waals surface area contributed by atoms with Crippen LogP contribution in [0.3, 0.4) is 0 Å². The molecule has 15 heteroatoms. The third kappa shape index (κ3) is 6.03. The van der Waals surface area contributed by atoms with E-state index in [1.54, 1.807) is 30.5 Å². The Bertz CT molecular complexity index is 1800. The molecule has 0 saturated heterocycles. The third-order valence-electron chi connectivity index (χ3n) is 6.09. The molecule has 0 aromatic carbocycles. The number of amidine groups is 1. The number of hydrogen-bond acceptors (Lipinski definition) is 7. The Kier molecular flexibility index (Phi) is 8.07. The highest BCUT2D eigenvalue weighted by atomic mass is 19.4. The summed E-state index contributed by atoms with van der Waals surface area (Å²) in [5.41, 5.74) is -0.0555. The summed E-state index contributed by atoms with van der Waals surface area (Å²) in [7, 11) is 1.47. The van der Waals surface area contributed by atoms with E-state index in [1.807, 2.05) is 0 Å². The predicted molar refractivity (Wildman–Crippen MR) is 147 cm³/mol. The van der Waals surface area contributed by atoms with E-state index in [0.717, 1.165) is 10.8 Å². The molecule has 0 bridgehead atoms. The van der Waals surface area contributed by atoms with Gasteiger partial charge in [0.25, 0.3) is 5.56 Å². The fourth-order valence-electron chi connectivity index (χ4n) is 3.88. The van der Waals surface area contributed by atoms with Gasteiger partial charge in [0, 0.05) is 19.4 Å². The Hall–Kier alpha value is -5.21. The number of nitrogens with zero attached hydrogens (tertiary/aromatic N) is 8. The van der Waals surface area contributed by atoms with Gasteiger partial charge in [0.15, 0.2) is 11.2 Å². The Morgan fingerprint density at radius 2 is 1.93 bits per heavy atom. The van der Waals surface area contributed by atoms with Crippen LogP contribution in [0.2, 0.25) is 0 Å². The Balaban J connectivity index is 1.62. The molecule has 0 saturated carbocycles. The van der Waals surface area contributed by atoms with Crippen LogP contribution in [0.25, 0.3) is 16.7 Å². The molecule has 0 radical (unpaired) electrons. The zero-order valence-electron chi connectivity index (χ0n) is 22.1. The van der Waals surface area contributed by atoms with Crippen LogP contribution in [-0.2, 0) is 18.4 Å². The van der Waals surface area contributed by atoms with E-state index in [9.17, 15) is 27.6 Å². The first kappa shape index (κ1) is 28.8.